The average molecular weight is 151 g/mol. The van der Waals surface area contributed by atoms with E-state index in [9.17, 15) is 4.79 Å². The van der Waals surface area contributed by atoms with Gasteiger partial charge in [-0.15, -0.1) is 9.63 Å². The fourth-order valence-electron chi connectivity index (χ4n) is 0.303. The van der Waals surface area contributed by atoms with Crippen LogP contribution in [0.3, 0.4) is 0 Å². The molecule has 0 fully saturated rings. The minimum atomic E-state index is -1.05. The molecule has 1 heterocycles. The zero-order chi connectivity index (χ0) is 6.04. The zero-order valence-corrected chi connectivity index (χ0v) is 5.45. The minimum absolute atomic E-state index is 0.456. The van der Waals surface area contributed by atoms with Crippen molar-refractivity contribution in [2.75, 3.05) is 5.75 Å². The maximum absolute atomic E-state index is 10.0. The van der Waals surface area contributed by atoms with Gasteiger partial charge in [0.15, 0.2) is 6.29 Å². The van der Waals surface area contributed by atoms with E-state index < -0.39 is 5.00 Å². The van der Waals surface area contributed by atoms with E-state index in [1.54, 1.807) is 0 Å². The van der Waals surface area contributed by atoms with Crippen LogP contribution >= 0.6 is 23.5 Å². The number of halogens is 1. The van der Waals surface area contributed by atoms with Crippen molar-refractivity contribution in [2.45, 2.75) is 5.00 Å². The Hall–Kier alpha value is -0.0900. The van der Waals surface area contributed by atoms with Gasteiger partial charge in [0.05, 0.1) is 5.75 Å². The minimum Gasteiger partial charge on any atom is -0.299 e. The summed E-state index contributed by atoms with van der Waals surface area (Å²) in [5.41, 5.74) is 0. The molecule has 44 valence electrons. The number of alkyl halides is 1. The second-order valence-electron chi connectivity index (χ2n) is 1.39. The van der Waals surface area contributed by atoms with Crippen LogP contribution in [0.15, 0.2) is 9.63 Å². The Morgan fingerprint density at radius 1 is 1.88 bits per heavy atom. The second kappa shape index (κ2) is 2.03. The SMILES string of the molecule is O=CC1(Cl)CSN=N1. The predicted molar refractivity (Wildman–Crippen MR) is 32.0 cm³/mol. The number of hydrogen-bond donors (Lipinski definition) is 0. The fourth-order valence-corrected chi connectivity index (χ4v) is 1.10. The fraction of sp³-hybridized carbons (Fsp3) is 0.667. The molecule has 0 saturated heterocycles. The molecule has 0 aromatic heterocycles. The quantitative estimate of drug-likeness (QED) is 0.244. The summed E-state index contributed by atoms with van der Waals surface area (Å²) < 4.78 is 3.49. The summed E-state index contributed by atoms with van der Waals surface area (Å²) in [6, 6.07) is 0. The van der Waals surface area contributed by atoms with Gasteiger partial charge in [0.1, 0.15) is 0 Å². The van der Waals surface area contributed by atoms with E-state index in [2.05, 4.69) is 9.63 Å². The van der Waals surface area contributed by atoms with Gasteiger partial charge in [0.2, 0.25) is 5.00 Å². The molecule has 0 N–H and O–H groups in total. The maximum atomic E-state index is 10.0. The van der Waals surface area contributed by atoms with Gasteiger partial charge < -0.3 is 0 Å². The Morgan fingerprint density at radius 2 is 2.62 bits per heavy atom. The van der Waals surface area contributed by atoms with Gasteiger partial charge in [-0.1, -0.05) is 11.6 Å². The lowest BCUT2D eigenvalue weighted by Crippen LogP contribution is -2.19. The molecule has 5 heteroatoms. The Balaban J connectivity index is 2.67. The van der Waals surface area contributed by atoms with Gasteiger partial charge in [-0.3, -0.25) is 4.79 Å². The van der Waals surface area contributed by atoms with E-state index in [1.807, 2.05) is 0 Å². The second-order valence-corrected chi connectivity index (χ2v) is 2.76. The van der Waals surface area contributed by atoms with E-state index in [-0.39, 0.29) is 0 Å². The van der Waals surface area contributed by atoms with E-state index in [1.165, 1.54) is 11.9 Å². The molecule has 1 aliphatic rings. The molecule has 8 heavy (non-hydrogen) atoms. The first-order valence-corrected chi connectivity index (χ1v) is 3.28. The van der Waals surface area contributed by atoms with Crippen molar-refractivity contribution in [3.05, 3.63) is 0 Å². The van der Waals surface area contributed by atoms with Crippen LogP contribution in [-0.2, 0) is 4.79 Å². The van der Waals surface area contributed by atoms with E-state index in [0.29, 0.717) is 12.0 Å². The molecule has 1 unspecified atom stereocenters. The van der Waals surface area contributed by atoms with Crippen LogP contribution in [-0.4, -0.2) is 17.0 Å². The van der Waals surface area contributed by atoms with Crippen LogP contribution in [0.25, 0.3) is 0 Å². The summed E-state index contributed by atoms with van der Waals surface area (Å²) in [7, 11) is 0. The van der Waals surface area contributed by atoms with Gasteiger partial charge in [0.25, 0.3) is 0 Å². The van der Waals surface area contributed by atoms with Gasteiger partial charge in [-0.2, -0.15) is 0 Å². The monoisotopic (exact) mass is 150 g/mol. The third-order valence-electron chi connectivity index (χ3n) is 0.712. The van der Waals surface area contributed by atoms with Crippen LogP contribution in [0, 0.1) is 0 Å². The van der Waals surface area contributed by atoms with Crippen molar-refractivity contribution in [3.8, 4) is 0 Å². The van der Waals surface area contributed by atoms with Gasteiger partial charge in [0, 0.05) is 11.9 Å². The third kappa shape index (κ3) is 1.00. The molecule has 0 spiro atoms. The number of rotatable bonds is 1. The summed E-state index contributed by atoms with van der Waals surface area (Å²) in [5.74, 6) is 0.456. The van der Waals surface area contributed by atoms with Crippen molar-refractivity contribution >= 4 is 29.8 Å². The Kier molecular flexibility index (Phi) is 1.53. The van der Waals surface area contributed by atoms with Gasteiger partial charge in [-0.25, -0.2) is 0 Å². The summed E-state index contributed by atoms with van der Waals surface area (Å²) in [6.07, 6.45) is 0.595. The largest absolute Gasteiger partial charge is 0.299 e. The molecular formula is C3H3ClN2OS. The molecule has 0 radical (unpaired) electrons. The summed E-state index contributed by atoms with van der Waals surface area (Å²) in [6.45, 7) is 0. The Bertz CT molecular complexity index is 139. The van der Waals surface area contributed by atoms with Crippen molar-refractivity contribution in [1.82, 2.24) is 0 Å². The molecule has 1 atom stereocenters. The first-order valence-electron chi connectivity index (χ1n) is 1.96. The lowest BCUT2D eigenvalue weighted by molar-refractivity contribution is -0.109. The molecule has 0 amide bonds. The molecule has 1 aliphatic heterocycles. The Labute approximate surface area is 55.6 Å². The average Bonchev–Trinajstić information content (AvgIpc) is 2.17. The topological polar surface area (TPSA) is 41.8 Å². The first-order chi connectivity index (χ1) is 3.77. The molecule has 0 aliphatic carbocycles. The van der Waals surface area contributed by atoms with E-state index in [0.717, 1.165) is 0 Å². The van der Waals surface area contributed by atoms with Crippen molar-refractivity contribution in [1.29, 1.82) is 0 Å². The molecule has 1 rings (SSSR count). The third-order valence-corrected chi connectivity index (χ3v) is 1.94. The number of nitrogens with zero attached hydrogens (tertiary/aromatic N) is 2. The zero-order valence-electron chi connectivity index (χ0n) is 3.87. The summed E-state index contributed by atoms with van der Waals surface area (Å²) >= 11 is 6.71. The van der Waals surface area contributed by atoms with Crippen LogP contribution in [0.1, 0.15) is 0 Å². The van der Waals surface area contributed by atoms with Gasteiger partial charge in [-0.05, 0) is 0 Å². The smallest absolute Gasteiger partial charge is 0.220 e. The van der Waals surface area contributed by atoms with Gasteiger partial charge >= 0.3 is 0 Å². The van der Waals surface area contributed by atoms with E-state index >= 15 is 0 Å². The highest BCUT2D eigenvalue weighted by molar-refractivity contribution is 7.98. The predicted octanol–water partition coefficient (Wildman–Crippen LogP) is 1.23. The van der Waals surface area contributed by atoms with Crippen LogP contribution in [0.4, 0.5) is 0 Å². The number of aldehydes is 1. The summed E-state index contributed by atoms with van der Waals surface area (Å²) in [5, 5.41) is 3.47. The van der Waals surface area contributed by atoms with Crippen LogP contribution in [0.2, 0.25) is 0 Å². The van der Waals surface area contributed by atoms with Crippen molar-refractivity contribution in [3.63, 3.8) is 0 Å². The van der Waals surface area contributed by atoms with Crippen LogP contribution in [0.5, 0.6) is 0 Å². The molecule has 3 nitrogen and oxygen atoms in total. The normalized spacial score (nSPS) is 35.6. The Morgan fingerprint density at radius 3 is 2.88 bits per heavy atom. The highest BCUT2D eigenvalue weighted by Crippen LogP contribution is 2.28. The number of carbonyl (C=O) groups is 1. The lowest BCUT2D eigenvalue weighted by atomic mass is 10.4. The van der Waals surface area contributed by atoms with Crippen molar-refractivity contribution < 1.29 is 4.79 Å². The summed E-state index contributed by atoms with van der Waals surface area (Å²) in [4.78, 5) is 8.98. The molecule has 0 aromatic rings. The first kappa shape index (κ1) is 6.04. The number of hydrogen-bond acceptors (Lipinski definition) is 4. The van der Waals surface area contributed by atoms with Crippen molar-refractivity contribution in [2.24, 2.45) is 9.63 Å². The number of carbonyl (C=O) groups excluding carboxylic acids is 1. The standard InChI is InChI=1S/C3H3ClN2OS/c4-3(1-7)2-8-6-5-3/h1H,2H2. The highest BCUT2D eigenvalue weighted by atomic mass is 35.5. The van der Waals surface area contributed by atoms with E-state index in [4.69, 9.17) is 11.6 Å². The molecule has 0 aromatic carbocycles. The maximum Gasteiger partial charge on any atom is 0.220 e. The highest BCUT2D eigenvalue weighted by Gasteiger charge is 2.30. The molecule has 0 saturated carbocycles. The molecule has 0 bridgehead atoms. The molecular weight excluding hydrogens is 148 g/mol. The van der Waals surface area contributed by atoms with Crippen LogP contribution < -0.4 is 0 Å². The lowest BCUT2D eigenvalue weighted by Gasteiger charge is -2.01.